The van der Waals surface area contributed by atoms with Gasteiger partial charge in [-0.1, -0.05) is 28.1 Å². The van der Waals surface area contributed by atoms with E-state index in [-0.39, 0.29) is 23.4 Å². The maximum absolute atomic E-state index is 12.5. The molecule has 1 atom stereocenters. The number of rotatable bonds is 2. The number of halogens is 1. The molecule has 1 N–H and O–H groups in total. The molecule has 1 aromatic carbocycles. The molecule has 1 aliphatic heterocycles. The van der Waals surface area contributed by atoms with E-state index in [1.807, 2.05) is 13.8 Å². The molecule has 0 aliphatic carbocycles. The Morgan fingerprint density at radius 1 is 1.53 bits per heavy atom. The Kier molecular flexibility index (Phi) is 4.16. The highest BCUT2D eigenvalue weighted by Crippen LogP contribution is 2.25. The van der Waals surface area contributed by atoms with Gasteiger partial charge in [0.1, 0.15) is 5.75 Å². The molecular formula is C14H18BrNO3. The number of carbonyl (C=O) groups is 1. The fourth-order valence-corrected chi connectivity index (χ4v) is 2.69. The van der Waals surface area contributed by atoms with Crippen LogP contribution in [0.15, 0.2) is 24.3 Å². The van der Waals surface area contributed by atoms with E-state index in [2.05, 4.69) is 15.9 Å². The summed E-state index contributed by atoms with van der Waals surface area (Å²) >= 11 is 3.40. The molecule has 2 rings (SSSR count). The maximum atomic E-state index is 12.5. The average molecular weight is 328 g/mol. The molecule has 1 unspecified atom stereocenters. The van der Waals surface area contributed by atoms with Crippen LogP contribution in [0.25, 0.3) is 0 Å². The molecule has 1 saturated heterocycles. The molecule has 1 amide bonds. The number of amides is 1. The van der Waals surface area contributed by atoms with Crippen molar-refractivity contribution in [3.8, 4) is 5.75 Å². The van der Waals surface area contributed by atoms with E-state index >= 15 is 0 Å². The summed E-state index contributed by atoms with van der Waals surface area (Å²) in [7, 11) is 0. The van der Waals surface area contributed by atoms with Crippen molar-refractivity contribution >= 4 is 21.8 Å². The van der Waals surface area contributed by atoms with Crippen molar-refractivity contribution in [1.82, 2.24) is 4.90 Å². The highest BCUT2D eigenvalue weighted by molar-refractivity contribution is 9.09. The summed E-state index contributed by atoms with van der Waals surface area (Å²) in [6.07, 6.45) is -0.0291. The van der Waals surface area contributed by atoms with Crippen molar-refractivity contribution < 1.29 is 14.6 Å². The highest BCUT2D eigenvalue weighted by Gasteiger charge is 2.35. The second kappa shape index (κ2) is 5.51. The van der Waals surface area contributed by atoms with Gasteiger partial charge < -0.3 is 14.7 Å². The SMILES string of the molecule is CC1(C)CN(C(=O)c2ccccc2O)CC(CBr)O1. The molecule has 1 aromatic rings. The number of nitrogens with zero attached hydrogens (tertiary/aromatic N) is 1. The van der Waals surface area contributed by atoms with Crippen LogP contribution in [0.4, 0.5) is 0 Å². The summed E-state index contributed by atoms with van der Waals surface area (Å²) in [4.78, 5) is 14.2. The van der Waals surface area contributed by atoms with Gasteiger partial charge in [-0.3, -0.25) is 4.79 Å². The van der Waals surface area contributed by atoms with E-state index in [0.717, 1.165) is 0 Å². The van der Waals surface area contributed by atoms with Crippen LogP contribution in [0, 0.1) is 0 Å². The fourth-order valence-electron chi connectivity index (χ4n) is 2.36. The predicted octanol–water partition coefficient (Wildman–Crippen LogP) is 2.41. The third-order valence-electron chi connectivity index (χ3n) is 3.08. The van der Waals surface area contributed by atoms with Crippen molar-refractivity contribution in [2.45, 2.75) is 25.6 Å². The zero-order valence-corrected chi connectivity index (χ0v) is 12.7. The van der Waals surface area contributed by atoms with Crippen LogP contribution in [0.2, 0.25) is 0 Å². The van der Waals surface area contributed by atoms with Gasteiger partial charge in [0.2, 0.25) is 0 Å². The van der Waals surface area contributed by atoms with Gasteiger partial charge in [-0.25, -0.2) is 0 Å². The molecule has 4 nitrogen and oxygen atoms in total. The lowest BCUT2D eigenvalue weighted by Crippen LogP contribution is -2.55. The number of para-hydroxylation sites is 1. The lowest BCUT2D eigenvalue weighted by Gasteiger charge is -2.42. The quantitative estimate of drug-likeness (QED) is 0.848. The van der Waals surface area contributed by atoms with E-state index in [1.54, 1.807) is 23.1 Å². The third-order valence-corrected chi connectivity index (χ3v) is 3.80. The van der Waals surface area contributed by atoms with E-state index in [4.69, 9.17) is 4.74 Å². The second-order valence-corrected chi connectivity index (χ2v) is 6.00. The normalized spacial score (nSPS) is 22.3. The zero-order valence-electron chi connectivity index (χ0n) is 11.1. The minimum Gasteiger partial charge on any atom is -0.507 e. The van der Waals surface area contributed by atoms with E-state index < -0.39 is 0 Å². The molecule has 1 aliphatic rings. The number of benzene rings is 1. The number of hydrogen-bond donors (Lipinski definition) is 1. The minimum absolute atomic E-state index is 0.0205. The molecule has 104 valence electrons. The van der Waals surface area contributed by atoms with Crippen LogP contribution in [-0.2, 0) is 4.74 Å². The van der Waals surface area contributed by atoms with Gasteiger partial charge in [0.05, 0.1) is 17.3 Å². The minimum atomic E-state index is -0.378. The van der Waals surface area contributed by atoms with Crippen LogP contribution in [0.3, 0.4) is 0 Å². The summed E-state index contributed by atoms with van der Waals surface area (Å²) in [5.41, 5.74) is -0.0370. The van der Waals surface area contributed by atoms with Gasteiger partial charge in [-0.2, -0.15) is 0 Å². The van der Waals surface area contributed by atoms with Gasteiger partial charge >= 0.3 is 0 Å². The van der Waals surface area contributed by atoms with Gasteiger partial charge in [0.25, 0.3) is 5.91 Å². The Hall–Kier alpha value is -1.07. The van der Waals surface area contributed by atoms with Crippen LogP contribution < -0.4 is 0 Å². The largest absolute Gasteiger partial charge is 0.507 e. The number of ether oxygens (including phenoxy) is 1. The van der Waals surface area contributed by atoms with Gasteiger partial charge in [-0.15, -0.1) is 0 Å². The van der Waals surface area contributed by atoms with Crippen molar-refractivity contribution in [3.05, 3.63) is 29.8 Å². The Balaban J connectivity index is 2.21. The predicted molar refractivity (Wildman–Crippen MR) is 76.8 cm³/mol. The lowest BCUT2D eigenvalue weighted by atomic mass is 10.0. The van der Waals surface area contributed by atoms with E-state index in [1.165, 1.54) is 6.07 Å². The Morgan fingerprint density at radius 3 is 2.84 bits per heavy atom. The number of phenolic OH excluding ortho intramolecular Hbond substituents is 1. The topological polar surface area (TPSA) is 49.8 Å². The number of aromatic hydroxyl groups is 1. The van der Waals surface area contributed by atoms with Gasteiger partial charge in [-0.05, 0) is 26.0 Å². The monoisotopic (exact) mass is 327 g/mol. The number of carbonyl (C=O) groups excluding carboxylic acids is 1. The molecule has 0 saturated carbocycles. The molecule has 1 fully saturated rings. The van der Waals surface area contributed by atoms with E-state index in [0.29, 0.717) is 24.0 Å². The van der Waals surface area contributed by atoms with Crippen LogP contribution >= 0.6 is 15.9 Å². The number of phenols is 1. The summed E-state index contributed by atoms with van der Waals surface area (Å²) < 4.78 is 5.87. The van der Waals surface area contributed by atoms with Gasteiger partial charge in [0.15, 0.2) is 0 Å². The van der Waals surface area contributed by atoms with Crippen molar-refractivity contribution in [1.29, 1.82) is 0 Å². The number of morpholine rings is 1. The summed E-state index contributed by atoms with van der Waals surface area (Å²) in [5.74, 6) is -0.132. The number of hydrogen-bond acceptors (Lipinski definition) is 3. The second-order valence-electron chi connectivity index (χ2n) is 5.36. The molecule has 19 heavy (non-hydrogen) atoms. The summed E-state index contributed by atoms with van der Waals surface area (Å²) in [6.45, 7) is 4.98. The Morgan fingerprint density at radius 2 is 2.21 bits per heavy atom. The first-order valence-corrected chi connectivity index (χ1v) is 7.36. The first kappa shape index (κ1) is 14.3. The average Bonchev–Trinajstić information content (AvgIpc) is 2.36. The maximum Gasteiger partial charge on any atom is 0.257 e. The summed E-state index contributed by atoms with van der Waals surface area (Å²) in [5, 5.41) is 10.5. The summed E-state index contributed by atoms with van der Waals surface area (Å²) in [6, 6.07) is 6.63. The molecular weight excluding hydrogens is 310 g/mol. The Labute approximate surface area is 121 Å². The molecule has 5 heteroatoms. The highest BCUT2D eigenvalue weighted by atomic mass is 79.9. The van der Waals surface area contributed by atoms with Crippen molar-refractivity contribution in [3.63, 3.8) is 0 Å². The van der Waals surface area contributed by atoms with Crippen LogP contribution in [-0.4, -0.2) is 46.0 Å². The number of alkyl halides is 1. The van der Waals surface area contributed by atoms with Crippen molar-refractivity contribution in [2.24, 2.45) is 0 Å². The zero-order chi connectivity index (χ0) is 14.0. The molecule has 1 heterocycles. The first-order valence-electron chi connectivity index (χ1n) is 6.24. The molecule has 0 spiro atoms. The molecule has 0 aromatic heterocycles. The van der Waals surface area contributed by atoms with Crippen LogP contribution in [0.1, 0.15) is 24.2 Å². The van der Waals surface area contributed by atoms with Crippen LogP contribution in [0.5, 0.6) is 5.75 Å². The fraction of sp³-hybridized carbons (Fsp3) is 0.500. The molecule has 0 radical (unpaired) electrons. The third kappa shape index (κ3) is 3.28. The molecule has 0 bridgehead atoms. The standard InChI is InChI=1S/C14H18BrNO3/c1-14(2)9-16(8-10(7-15)19-14)13(18)11-5-3-4-6-12(11)17/h3-6,10,17H,7-9H2,1-2H3. The smallest absolute Gasteiger partial charge is 0.257 e. The lowest BCUT2D eigenvalue weighted by molar-refractivity contribution is -0.116. The Bertz CT molecular complexity index is 476. The van der Waals surface area contributed by atoms with Crippen molar-refractivity contribution in [2.75, 3.05) is 18.4 Å². The van der Waals surface area contributed by atoms with E-state index in [9.17, 15) is 9.90 Å². The van der Waals surface area contributed by atoms with Gasteiger partial charge in [0, 0.05) is 18.4 Å². The first-order chi connectivity index (χ1) is 8.93.